The summed E-state index contributed by atoms with van der Waals surface area (Å²) in [4.78, 5) is 0. The third kappa shape index (κ3) is 2.68. The van der Waals surface area contributed by atoms with Gasteiger partial charge in [-0.3, -0.25) is 0 Å². The van der Waals surface area contributed by atoms with Crippen molar-refractivity contribution in [1.29, 1.82) is 0 Å². The molecule has 1 heterocycles. The molecule has 0 amide bonds. The molecular formula is C13H15BrN2O2. The highest BCUT2D eigenvalue weighted by molar-refractivity contribution is 9.10. The largest absolute Gasteiger partial charge is 0.495 e. The number of methoxy groups -OCH3 is 1. The average Bonchev–Trinajstić information content (AvgIpc) is 2.82. The number of furan rings is 1. The van der Waals surface area contributed by atoms with E-state index < -0.39 is 0 Å². The number of rotatable bonds is 5. The van der Waals surface area contributed by atoms with Crippen LogP contribution in [0.4, 0.5) is 5.69 Å². The van der Waals surface area contributed by atoms with Crippen molar-refractivity contribution in [2.45, 2.75) is 6.04 Å². The van der Waals surface area contributed by atoms with Crippen molar-refractivity contribution in [1.82, 2.24) is 0 Å². The second-order valence-electron chi connectivity index (χ2n) is 3.77. The van der Waals surface area contributed by atoms with Gasteiger partial charge >= 0.3 is 0 Å². The zero-order chi connectivity index (χ0) is 13.0. The Morgan fingerprint density at radius 3 is 2.78 bits per heavy atom. The van der Waals surface area contributed by atoms with Gasteiger partial charge in [-0.1, -0.05) is 12.1 Å². The van der Waals surface area contributed by atoms with Crippen molar-refractivity contribution in [3.8, 4) is 5.75 Å². The number of nitrogens with one attached hydrogen (secondary N) is 1. The van der Waals surface area contributed by atoms with Crippen LogP contribution >= 0.6 is 15.9 Å². The van der Waals surface area contributed by atoms with E-state index in [1.54, 1.807) is 13.4 Å². The Balaban J connectivity index is 2.23. The van der Waals surface area contributed by atoms with Crippen LogP contribution in [-0.2, 0) is 0 Å². The van der Waals surface area contributed by atoms with E-state index in [0.717, 1.165) is 21.7 Å². The fourth-order valence-electron chi connectivity index (χ4n) is 1.74. The zero-order valence-corrected chi connectivity index (χ0v) is 11.6. The number of nitrogens with two attached hydrogens (primary N) is 1. The number of hydrogen-bond acceptors (Lipinski definition) is 4. The van der Waals surface area contributed by atoms with E-state index in [-0.39, 0.29) is 6.04 Å². The van der Waals surface area contributed by atoms with E-state index in [2.05, 4.69) is 21.2 Å². The van der Waals surface area contributed by atoms with Crippen molar-refractivity contribution in [2.24, 2.45) is 5.73 Å². The summed E-state index contributed by atoms with van der Waals surface area (Å²) in [6, 6.07) is 9.44. The molecule has 96 valence electrons. The van der Waals surface area contributed by atoms with Gasteiger partial charge in [0.15, 0.2) is 0 Å². The molecule has 0 spiro atoms. The number of anilines is 1. The third-order valence-electron chi connectivity index (χ3n) is 2.63. The summed E-state index contributed by atoms with van der Waals surface area (Å²) in [6.45, 7) is 0.421. The van der Waals surface area contributed by atoms with Crippen LogP contribution in [0.15, 0.2) is 45.5 Å². The summed E-state index contributed by atoms with van der Waals surface area (Å²) >= 11 is 3.44. The molecule has 1 unspecified atom stereocenters. The predicted molar refractivity (Wildman–Crippen MR) is 74.8 cm³/mol. The van der Waals surface area contributed by atoms with E-state index in [1.165, 1.54) is 0 Å². The fraction of sp³-hybridized carbons (Fsp3) is 0.231. The van der Waals surface area contributed by atoms with Crippen molar-refractivity contribution < 1.29 is 9.15 Å². The normalized spacial score (nSPS) is 12.2. The number of hydrogen-bond donors (Lipinski definition) is 2. The summed E-state index contributed by atoms with van der Waals surface area (Å²) in [5, 5.41) is 3.32. The molecule has 0 aliphatic heterocycles. The second kappa shape index (κ2) is 5.93. The standard InChI is InChI=1S/C13H15BrN2O2/c1-17-12-5-3-2-4-10(12)16-11(8-15)13-9(14)6-7-18-13/h2-7,11,16H,8,15H2,1H3. The summed E-state index contributed by atoms with van der Waals surface area (Å²) in [5.74, 6) is 1.56. The molecular weight excluding hydrogens is 296 g/mol. The van der Waals surface area contributed by atoms with E-state index >= 15 is 0 Å². The first-order valence-electron chi connectivity index (χ1n) is 5.58. The zero-order valence-electron chi connectivity index (χ0n) is 10.0. The van der Waals surface area contributed by atoms with E-state index in [9.17, 15) is 0 Å². The summed E-state index contributed by atoms with van der Waals surface area (Å²) in [6.07, 6.45) is 1.63. The van der Waals surface area contributed by atoms with Gasteiger partial charge in [0, 0.05) is 6.54 Å². The monoisotopic (exact) mass is 310 g/mol. The van der Waals surface area contributed by atoms with Gasteiger partial charge in [-0.15, -0.1) is 0 Å². The molecule has 0 fully saturated rings. The third-order valence-corrected chi connectivity index (χ3v) is 3.29. The minimum absolute atomic E-state index is 0.106. The Morgan fingerprint density at radius 1 is 1.39 bits per heavy atom. The molecule has 0 saturated heterocycles. The first-order valence-corrected chi connectivity index (χ1v) is 6.38. The number of benzene rings is 1. The van der Waals surface area contributed by atoms with Gasteiger partial charge in [0.25, 0.3) is 0 Å². The van der Waals surface area contributed by atoms with Crippen LogP contribution in [0.25, 0.3) is 0 Å². The second-order valence-corrected chi connectivity index (χ2v) is 4.62. The van der Waals surface area contributed by atoms with Crippen LogP contribution in [0.1, 0.15) is 11.8 Å². The molecule has 0 aliphatic rings. The molecule has 0 bridgehead atoms. The minimum atomic E-state index is -0.106. The average molecular weight is 311 g/mol. The number of ether oxygens (including phenoxy) is 1. The van der Waals surface area contributed by atoms with Crippen LogP contribution in [0.3, 0.4) is 0 Å². The maximum absolute atomic E-state index is 5.79. The summed E-state index contributed by atoms with van der Waals surface area (Å²) in [5.41, 5.74) is 6.68. The minimum Gasteiger partial charge on any atom is -0.495 e. The lowest BCUT2D eigenvalue weighted by molar-refractivity contribution is 0.415. The Kier molecular flexibility index (Phi) is 4.28. The van der Waals surface area contributed by atoms with Crippen molar-refractivity contribution in [2.75, 3.05) is 19.0 Å². The molecule has 1 aromatic heterocycles. The lowest BCUT2D eigenvalue weighted by atomic mass is 10.2. The van der Waals surface area contributed by atoms with Crippen LogP contribution < -0.4 is 15.8 Å². The van der Waals surface area contributed by atoms with Gasteiger partial charge in [-0.25, -0.2) is 0 Å². The highest BCUT2D eigenvalue weighted by atomic mass is 79.9. The maximum atomic E-state index is 5.79. The Bertz CT molecular complexity index is 513. The molecule has 18 heavy (non-hydrogen) atoms. The predicted octanol–water partition coefficient (Wildman–Crippen LogP) is 3.16. The van der Waals surface area contributed by atoms with Gasteiger partial charge in [-0.2, -0.15) is 0 Å². The summed E-state index contributed by atoms with van der Waals surface area (Å²) < 4.78 is 11.6. The molecule has 0 radical (unpaired) electrons. The quantitative estimate of drug-likeness (QED) is 0.890. The van der Waals surface area contributed by atoms with Gasteiger partial charge < -0.3 is 20.2 Å². The van der Waals surface area contributed by atoms with Gasteiger partial charge in [0.1, 0.15) is 11.5 Å². The SMILES string of the molecule is COc1ccccc1NC(CN)c1occc1Br. The fourth-order valence-corrected chi connectivity index (χ4v) is 2.21. The van der Waals surface area contributed by atoms with E-state index in [4.69, 9.17) is 14.9 Å². The number of halogens is 1. The molecule has 1 atom stereocenters. The molecule has 0 aliphatic carbocycles. The highest BCUT2D eigenvalue weighted by Gasteiger charge is 2.17. The first-order chi connectivity index (χ1) is 8.76. The van der Waals surface area contributed by atoms with Crippen LogP contribution in [-0.4, -0.2) is 13.7 Å². The summed E-state index contributed by atoms with van der Waals surface area (Å²) in [7, 11) is 1.64. The smallest absolute Gasteiger partial charge is 0.141 e. The molecule has 1 aromatic carbocycles. The van der Waals surface area contributed by atoms with Crippen molar-refractivity contribution in [3.05, 3.63) is 46.8 Å². The van der Waals surface area contributed by atoms with Gasteiger partial charge in [0.2, 0.25) is 0 Å². The van der Waals surface area contributed by atoms with E-state index in [1.807, 2.05) is 30.3 Å². The Morgan fingerprint density at radius 2 is 2.17 bits per heavy atom. The maximum Gasteiger partial charge on any atom is 0.141 e. The Hall–Kier alpha value is -1.46. The van der Waals surface area contributed by atoms with Crippen LogP contribution in [0.5, 0.6) is 5.75 Å². The first kappa shape index (κ1) is 13.0. The van der Waals surface area contributed by atoms with Crippen LogP contribution in [0.2, 0.25) is 0 Å². The lowest BCUT2D eigenvalue weighted by Crippen LogP contribution is -2.20. The lowest BCUT2D eigenvalue weighted by Gasteiger charge is -2.18. The highest BCUT2D eigenvalue weighted by Crippen LogP contribution is 2.30. The molecule has 3 N–H and O–H groups in total. The topological polar surface area (TPSA) is 60.4 Å². The van der Waals surface area contributed by atoms with E-state index in [0.29, 0.717) is 6.54 Å². The van der Waals surface area contributed by atoms with Gasteiger partial charge in [-0.05, 0) is 34.1 Å². The van der Waals surface area contributed by atoms with Gasteiger partial charge in [0.05, 0.1) is 29.6 Å². The Labute approximate surface area is 114 Å². The molecule has 0 saturated carbocycles. The molecule has 2 rings (SSSR count). The van der Waals surface area contributed by atoms with Crippen LogP contribution in [0, 0.1) is 0 Å². The van der Waals surface area contributed by atoms with Crippen molar-refractivity contribution >= 4 is 21.6 Å². The molecule has 5 heteroatoms. The molecule has 2 aromatic rings. The van der Waals surface area contributed by atoms with Crippen molar-refractivity contribution in [3.63, 3.8) is 0 Å². The number of para-hydroxylation sites is 2. The molecule has 4 nitrogen and oxygen atoms in total.